The number of hydrogen-bond donors (Lipinski definition) is 0. The van der Waals surface area contributed by atoms with Crippen molar-refractivity contribution in [3.63, 3.8) is 0 Å². The molecule has 2 rings (SSSR count). The van der Waals surface area contributed by atoms with E-state index in [4.69, 9.17) is 0 Å². The summed E-state index contributed by atoms with van der Waals surface area (Å²) in [4.78, 5) is 0. The number of fused-ring (bicyclic) bond motifs is 1. The molecule has 0 saturated heterocycles. The van der Waals surface area contributed by atoms with Crippen molar-refractivity contribution in [3.05, 3.63) is 0 Å². The molecule has 4 atom stereocenters. The second kappa shape index (κ2) is 2.24. The average Bonchev–Trinajstić information content (AvgIpc) is 2.77. The van der Waals surface area contributed by atoms with Gasteiger partial charge in [0.15, 0.2) is 0 Å². The summed E-state index contributed by atoms with van der Waals surface area (Å²) >= 11 is 0. The largest absolute Gasteiger partial charge is 0.0649 e. The van der Waals surface area contributed by atoms with Gasteiger partial charge >= 0.3 is 0 Å². The molecule has 4 unspecified atom stereocenters. The van der Waals surface area contributed by atoms with Gasteiger partial charge < -0.3 is 0 Å². The summed E-state index contributed by atoms with van der Waals surface area (Å²) in [5.74, 6) is 3.27. The third-order valence-corrected chi connectivity index (χ3v) is 4.44. The smallest absolute Gasteiger partial charge is 0.0297 e. The van der Waals surface area contributed by atoms with Crippen LogP contribution in [0.5, 0.6) is 0 Å². The molecule has 0 N–H and O–H groups in total. The van der Waals surface area contributed by atoms with Crippen LogP contribution >= 0.6 is 0 Å². The van der Waals surface area contributed by atoms with Gasteiger partial charge in [-0.3, -0.25) is 0 Å². The normalized spacial score (nSPS) is 55.4. The van der Waals surface area contributed by atoms with Crippen LogP contribution in [-0.2, 0) is 0 Å². The molecule has 0 aromatic rings. The Morgan fingerprint density at radius 2 is 2.18 bits per heavy atom. The van der Waals surface area contributed by atoms with Gasteiger partial charge in [-0.25, -0.2) is 0 Å². The summed E-state index contributed by atoms with van der Waals surface area (Å²) in [7, 11) is 0. The maximum Gasteiger partial charge on any atom is -0.0297 e. The number of hydrogen-bond acceptors (Lipinski definition) is 0. The van der Waals surface area contributed by atoms with Crippen molar-refractivity contribution in [2.75, 3.05) is 0 Å². The zero-order valence-electron chi connectivity index (χ0n) is 8.06. The highest BCUT2D eigenvalue weighted by molar-refractivity contribution is 5.03. The third-order valence-electron chi connectivity index (χ3n) is 4.44. The van der Waals surface area contributed by atoms with Gasteiger partial charge in [0.2, 0.25) is 0 Å². The van der Waals surface area contributed by atoms with Crippen LogP contribution in [0.2, 0.25) is 0 Å². The van der Waals surface area contributed by atoms with E-state index in [1.54, 1.807) is 6.42 Å². The Balaban J connectivity index is 2.07. The molecule has 2 aliphatic rings. The van der Waals surface area contributed by atoms with Crippen molar-refractivity contribution in [1.82, 2.24) is 0 Å². The van der Waals surface area contributed by atoms with Gasteiger partial charge in [0.05, 0.1) is 0 Å². The molecule has 0 bridgehead atoms. The van der Waals surface area contributed by atoms with Gasteiger partial charge in [-0.15, -0.1) is 0 Å². The molecule has 0 aromatic heterocycles. The first-order chi connectivity index (χ1) is 5.17. The fraction of sp³-hybridized carbons (Fsp3) is 1.00. The van der Waals surface area contributed by atoms with Crippen molar-refractivity contribution in [3.8, 4) is 0 Å². The summed E-state index contributed by atoms with van der Waals surface area (Å²) < 4.78 is 0. The lowest BCUT2D eigenvalue weighted by Gasteiger charge is -2.35. The quantitative estimate of drug-likeness (QED) is 0.539. The highest BCUT2D eigenvalue weighted by atomic mass is 14.6. The molecule has 2 aliphatic carbocycles. The lowest BCUT2D eigenvalue weighted by Crippen LogP contribution is -2.25. The van der Waals surface area contributed by atoms with Gasteiger partial charge in [0, 0.05) is 0 Å². The third kappa shape index (κ3) is 1.02. The van der Waals surface area contributed by atoms with Crippen molar-refractivity contribution in [2.45, 2.75) is 46.5 Å². The Bertz CT molecular complexity index is 161. The van der Waals surface area contributed by atoms with E-state index in [1.807, 2.05) is 0 Å². The van der Waals surface area contributed by atoms with Crippen LogP contribution < -0.4 is 0 Å². The minimum absolute atomic E-state index is 0.733. The van der Waals surface area contributed by atoms with Gasteiger partial charge in [-0.2, -0.15) is 0 Å². The summed E-state index contributed by atoms with van der Waals surface area (Å²) in [6.07, 6.45) is 5.93. The maximum absolute atomic E-state index is 2.50. The molecule has 0 nitrogen and oxygen atoms in total. The first-order valence-corrected chi connectivity index (χ1v) is 5.17. The molecule has 0 spiro atoms. The predicted octanol–water partition coefficient (Wildman–Crippen LogP) is 3.47. The Kier molecular flexibility index (Phi) is 1.56. The molecule has 11 heavy (non-hydrogen) atoms. The molecule has 0 radical (unpaired) electrons. The second-order valence-electron chi connectivity index (χ2n) is 5.03. The van der Waals surface area contributed by atoms with Crippen LogP contribution in [0.15, 0.2) is 0 Å². The first-order valence-electron chi connectivity index (χ1n) is 5.17. The van der Waals surface area contributed by atoms with Gasteiger partial charge in [0.1, 0.15) is 0 Å². The van der Waals surface area contributed by atoms with Crippen LogP contribution in [0.25, 0.3) is 0 Å². The van der Waals surface area contributed by atoms with E-state index in [9.17, 15) is 0 Å². The standard InChI is InChI=1S/C11H20/c1-4-11(3)6-5-8(2)9-7-10(9)11/h8-10H,4-7H2,1-3H3. The van der Waals surface area contributed by atoms with E-state index in [-0.39, 0.29) is 0 Å². The monoisotopic (exact) mass is 152 g/mol. The van der Waals surface area contributed by atoms with Gasteiger partial charge in [0.25, 0.3) is 0 Å². The van der Waals surface area contributed by atoms with Crippen LogP contribution in [-0.4, -0.2) is 0 Å². The highest BCUT2D eigenvalue weighted by Crippen LogP contribution is 2.62. The van der Waals surface area contributed by atoms with Crippen molar-refractivity contribution in [2.24, 2.45) is 23.2 Å². The lowest BCUT2D eigenvalue weighted by atomic mass is 9.70. The van der Waals surface area contributed by atoms with Gasteiger partial charge in [-0.1, -0.05) is 27.2 Å². The Labute approximate surface area is 70.4 Å². The predicted molar refractivity (Wildman–Crippen MR) is 48.4 cm³/mol. The van der Waals surface area contributed by atoms with E-state index in [0.29, 0.717) is 0 Å². The van der Waals surface area contributed by atoms with E-state index < -0.39 is 0 Å². The Morgan fingerprint density at radius 3 is 2.82 bits per heavy atom. The van der Waals surface area contributed by atoms with Crippen LogP contribution in [0, 0.1) is 23.2 Å². The summed E-state index contributed by atoms with van der Waals surface area (Å²) in [5.41, 5.74) is 0.733. The zero-order chi connectivity index (χ0) is 8.06. The van der Waals surface area contributed by atoms with Crippen molar-refractivity contribution in [1.29, 1.82) is 0 Å². The van der Waals surface area contributed by atoms with Gasteiger partial charge in [-0.05, 0) is 42.4 Å². The van der Waals surface area contributed by atoms with Crippen LogP contribution in [0.4, 0.5) is 0 Å². The first kappa shape index (κ1) is 7.64. The topological polar surface area (TPSA) is 0 Å². The molecule has 0 aromatic carbocycles. The minimum Gasteiger partial charge on any atom is -0.0649 e. The van der Waals surface area contributed by atoms with Crippen LogP contribution in [0.1, 0.15) is 46.5 Å². The van der Waals surface area contributed by atoms with Crippen LogP contribution in [0.3, 0.4) is 0 Å². The summed E-state index contributed by atoms with van der Waals surface area (Å²) in [6, 6.07) is 0. The number of rotatable bonds is 1. The fourth-order valence-corrected chi connectivity index (χ4v) is 3.04. The second-order valence-corrected chi connectivity index (χ2v) is 5.03. The molecular weight excluding hydrogens is 132 g/mol. The lowest BCUT2D eigenvalue weighted by molar-refractivity contribution is 0.153. The molecule has 2 saturated carbocycles. The van der Waals surface area contributed by atoms with Crippen molar-refractivity contribution >= 4 is 0 Å². The summed E-state index contributed by atoms with van der Waals surface area (Å²) in [6.45, 7) is 7.31. The molecule has 0 heterocycles. The molecular formula is C11H20. The van der Waals surface area contributed by atoms with Crippen molar-refractivity contribution < 1.29 is 0 Å². The molecule has 0 heteroatoms. The molecule has 0 aliphatic heterocycles. The summed E-state index contributed by atoms with van der Waals surface area (Å²) in [5, 5.41) is 0. The Morgan fingerprint density at radius 1 is 1.45 bits per heavy atom. The molecule has 0 amide bonds. The van der Waals surface area contributed by atoms with E-state index >= 15 is 0 Å². The fourth-order valence-electron chi connectivity index (χ4n) is 3.04. The van der Waals surface area contributed by atoms with E-state index in [0.717, 1.165) is 23.2 Å². The Hall–Kier alpha value is 0. The average molecular weight is 152 g/mol. The minimum atomic E-state index is 0.733. The SMILES string of the molecule is CCC1(C)CCC(C)C2CC21. The zero-order valence-corrected chi connectivity index (χ0v) is 8.06. The molecule has 2 fully saturated rings. The molecule has 64 valence electrons. The van der Waals surface area contributed by atoms with E-state index in [1.165, 1.54) is 19.3 Å². The maximum atomic E-state index is 2.50. The highest BCUT2D eigenvalue weighted by Gasteiger charge is 2.53. The van der Waals surface area contributed by atoms with E-state index in [2.05, 4.69) is 20.8 Å².